The van der Waals surface area contributed by atoms with Crippen LogP contribution < -0.4 is 4.74 Å². The van der Waals surface area contributed by atoms with Crippen LogP contribution in [0.2, 0.25) is 0 Å². The summed E-state index contributed by atoms with van der Waals surface area (Å²) in [6.07, 6.45) is 0. The number of carbonyl (C=O) groups is 2. The molecule has 0 atom stereocenters. The zero-order valence-corrected chi connectivity index (χ0v) is 19.1. The first-order valence-electron chi connectivity index (χ1n) is 10.5. The molecule has 1 aliphatic rings. The van der Waals surface area contributed by atoms with Crippen LogP contribution in [0.25, 0.3) is 0 Å². The summed E-state index contributed by atoms with van der Waals surface area (Å²) in [6.45, 7) is 5.53. The highest BCUT2D eigenvalue weighted by Gasteiger charge is 2.31. The first kappa shape index (κ1) is 23.9. The summed E-state index contributed by atoms with van der Waals surface area (Å²) in [4.78, 5) is 26.4. The SMILES string of the molecule is CCOCCOc1ccccc1C(=O)N1CCN(S(=O)(=O)c2cccc(C(C)=O)c2)CC1. The summed E-state index contributed by atoms with van der Waals surface area (Å²) < 4.78 is 38.4. The molecule has 9 heteroatoms. The Morgan fingerprint density at radius 2 is 1.69 bits per heavy atom. The lowest BCUT2D eigenvalue weighted by Gasteiger charge is -2.34. The van der Waals surface area contributed by atoms with Gasteiger partial charge in [-0.05, 0) is 38.1 Å². The topological polar surface area (TPSA) is 93.2 Å². The van der Waals surface area contributed by atoms with Gasteiger partial charge in [-0.3, -0.25) is 9.59 Å². The third-order valence-corrected chi connectivity index (χ3v) is 7.11. The minimum absolute atomic E-state index is 0.0815. The molecule has 1 fully saturated rings. The monoisotopic (exact) mass is 460 g/mol. The van der Waals surface area contributed by atoms with Crippen LogP contribution in [0.15, 0.2) is 53.4 Å². The smallest absolute Gasteiger partial charge is 0.257 e. The van der Waals surface area contributed by atoms with E-state index in [1.807, 2.05) is 6.92 Å². The predicted molar refractivity (Wildman–Crippen MR) is 120 cm³/mol. The maximum absolute atomic E-state index is 13.1. The van der Waals surface area contributed by atoms with Crippen molar-refractivity contribution in [2.45, 2.75) is 18.7 Å². The maximum atomic E-state index is 13.1. The first-order valence-corrected chi connectivity index (χ1v) is 12.0. The van der Waals surface area contributed by atoms with Crippen molar-refractivity contribution in [2.75, 3.05) is 46.0 Å². The van der Waals surface area contributed by atoms with Gasteiger partial charge in [0.25, 0.3) is 5.91 Å². The number of piperazine rings is 1. The van der Waals surface area contributed by atoms with Crippen molar-refractivity contribution in [2.24, 2.45) is 0 Å². The van der Waals surface area contributed by atoms with E-state index in [0.29, 0.717) is 36.7 Å². The average Bonchev–Trinajstić information content (AvgIpc) is 2.82. The molecule has 0 spiro atoms. The molecular weight excluding hydrogens is 432 g/mol. The molecule has 0 saturated carbocycles. The van der Waals surface area contributed by atoms with Gasteiger partial charge in [0.2, 0.25) is 10.0 Å². The summed E-state index contributed by atoms with van der Waals surface area (Å²) in [7, 11) is -3.75. The van der Waals surface area contributed by atoms with E-state index in [1.54, 1.807) is 41.3 Å². The molecule has 0 aromatic heterocycles. The summed E-state index contributed by atoms with van der Waals surface area (Å²) >= 11 is 0. The van der Waals surface area contributed by atoms with Crippen LogP contribution in [0.3, 0.4) is 0 Å². The third-order valence-electron chi connectivity index (χ3n) is 5.21. The van der Waals surface area contributed by atoms with Gasteiger partial charge in [-0.2, -0.15) is 4.31 Å². The summed E-state index contributed by atoms with van der Waals surface area (Å²) in [5, 5.41) is 0. The van der Waals surface area contributed by atoms with E-state index in [0.717, 1.165) is 0 Å². The van der Waals surface area contributed by atoms with Crippen LogP contribution in [0.5, 0.6) is 5.75 Å². The number of para-hydroxylation sites is 1. The zero-order chi connectivity index (χ0) is 23.1. The molecular formula is C23H28N2O6S. The largest absolute Gasteiger partial charge is 0.490 e. The molecule has 0 radical (unpaired) electrons. The Hall–Kier alpha value is -2.75. The molecule has 0 unspecified atom stereocenters. The minimum Gasteiger partial charge on any atom is -0.490 e. The number of carbonyl (C=O) groups excluding carboxylic acids is 2. The fourth-order valence-corrected chi connectivity index (χ4v) is 4.92. The van der Waals surface area contributed by atoms with E-state index >= 15 is 0 Å². The van der Waals surface area contributed by atoms with Crippen molar-refractivity contribution in [3.8, 4) is 5.75 Å². The molecule has 0 aliphatic carbocycles. The molecule has 8 nitrogen and oxygen atoms in total. The Kier molecular flexibility index (Phi) is 8.00. The lowest BCUT2D eigenvalue weighted by Crippen LogP contribution is -2.50. The number of rotatable bonds is 9. The molecule has 1 aliphatic heterocycles. The number of hydrogen-bond donors (Lipinski definition) is 0. The number of ketones is 1. The van der Waals surface area contributed by atoms with Crippen molar-refractivity contribution in [3.05, 3.63) is 59.7 Å². The molecule has 2 aromatic carbocycles. The normalized spacial score (nSPS) is 14.9. The molecule has 0 N–H and O–H groups in total. The van der Waals surface area contributed by atoms with Crippen molar-refractivity contribution in [3.63, 3.8) is 0 Å². The lowest BCUT2D eigenvalue weighted by molar-refractivity contribution is 0.0688. The molecule has 1 amide bonds. The number of nitrogens with zero attached hydrogens (tertiary/aromatic N) is 2. The second-order valence-electron chi connectivity index (χ2n) is 7.32. The van der Waals surface area contributed by atoms with Gasteiger partial charge in [-0.1, -0.05) is 24.3 Å². The van der Waals surface area contributed by atoms with Crippen LogP contribution >= 0.6 is 0 Å². The summed E-state index contributed by atoms with van der Waals surface area (Å²) in [6, 6.07) is 13.0. The van der Waals surface area contributed by atoms with Gasteiger partial charge in [0, 0.05) is 38.3 Å². The summed E-state index contributed by atoms with van der Waals surface area (Å²) in [5.74, 6) is 0.0838. The van der Waals surface area contributed by atoms with Gasteiger partial charge in [-0.25, -0.2) is 8.42 Å². The van der Waals surface area contributed by atoms with Crippen molar-refractivity contribution >= 4 is 21.7 Å². The molecule has 3 rings (SSSR count). The highest BCUT2D eigenvalue weighted by atomic mass is 32.2. The number of Topliss-reactive ketones (excluding diaryl/α,β-unsaturated/α-hetero) is 1. The van der Waals surface area contributed by atoms with Crippen molar-refractivity contribution in [1.29, 1.82) is 0 Å². The molecule has 0 bridgehead atoms. The van der Waals surface area contributed by atoms with E-state index in [2.05, 4.69) is 0 Å². The van der Waals surface area contributed by atoms with E-state index < -0.39 is 10.0 Å². The van der Waals surface area contributed by atoms with Gasteiger partial charge >= 0.3 is 0 Å². The van der Waals surface area contributed by atoms with Crippen LogP contribution in [0.1, 0.15) is 34.6 Å². The quantitative estimate of drug-likeness (QED) is 0.422. The van der Waals surface area contributed by atoms with Crippen molar-refractivity contribution < 1.29 is 27.5 Å². The Balaban J connectivity index is 1.66. The highest BCUT2D eigenvalue weighted by Crippen LogP contribution is 2.23. The van der Waals surface area contributed by atoms with Gasteiger partial charge in [0.05, 0.1) is 17.1 Å². The number of ether oxygens (including phenoxy) is 2. The predicted octanol–water partition coefficient (Wildman–Crippen LogP) is 2.45. The average molecular weight is 461 g/mol. The Morgan fingerprint density at radius 3 is 2.38 bits per heavy atom. The zero-order valence-electron chi connectivity index (χ0n) is 18.3. The third kappa shape index (κ3) is 5.53. The van der Waals surface area contributed by atoms with Gasteiger partial charge in [0.15, 0.2) is 5.78 Å². The molecule has 172 valence electrons. The number of amides is 1. The number of benzene rings is 2. The fourth-order valence-electron chi connectivity index (χ4n) is 3.45. The highest BCUT2D eigenvalue weighted by molar-refractivity contribution is 7.89. The second-order valence-corrected chi connectivity index (χ2v) is 9.26. The maximum Gasteiger partial charge on any atom is 0.257 e. The molecule has 1 saturated heterocycles. The molecule has 2 aromatic rings. The number of sulfonamides is 1. The van der Waals surface area contributed by atoms with E-state index in [4.69, 9.17) is 9.47 Å². The van der Waals surface area contributed by atoms with E-state index in [1.165, 1.54) is 23.4 Å². The van der Waals surface area contributed by atoms with Crippen LogP contribution in [-0.4, -0.2) is 75.3 Å². The minimum atomic E-state index is -3.75. The lowest BCUT2D eigenvalue weighted by atomic mass is 10.1. The Morgan fingerprint density at radius 1 is 0.969 bits per heavy atom. The van der Waals surface area contributed by atoms with Crippen LogP contribution in [0, 0.1) is 0 Å². The summed E-state index contributed by atoms with van der Waals surface area (Å²) in [5.41, 5.74) is 0.787. The van der Waals surface area contributed by atoms with Gasteiger partial charge in [-0.15, -0.1) is 0 Å². The van der Waals surface area contributed by atoms with E-state index in [-0.39, 0.29) is 42.8 Å². The number of hydrogen-bond acceptors (Lipinski definition) is 6. The van der Waals surface area contributed by atoms with Crippen LogP contribution in [-0.2, 0) is 14.8 Å². The first-order chi connectivity index (χ1) is 15.3. The standard InChI is InChI=1S/C23H28N2O6S/c1-3-30-15-16-31-22-10-5-4-9-21(22)23(27)24-11-13-25(14-12-24)32(28,29)20-8-6-7-19(17-20)18(2)26/h4-10,17H,3,11-16H2,1-2H3. The van der Waals surface area contributed by atoms with E-state index in [9.17, 15) is 18.0 Å². The van der Waals surface area contributed by atoms with Crippen molar-refractivity contribution in [1.82, 2.24) is 9.21 Å². The Bertz CT molecular complexity index is 1060. The molecule has 1 heterocycles. The second kappa shape index (κ2) is 10.7. The molecule has 32 heavy (non-hydrogen) atoms. The Labute approximate surface area is 188 Å². The fraction of sp³-hybridized carbons (Fsp3) is 0.391. The van der Waals surface area contributed by atoms with Crippen LogP contribution in [0.4, 0.5) is 0 Å². The van der Waals surface area contributed by atoms with Gasteiger partial charge < -0.3 is 14.4 Å². The van der Waals surface area contributed by atoms with Gasteiger partial charge in [0.1, 0.15) is 12.4 Å².